The first-order valence-electron chi connectivity index (χ1n) is 9.51. The highest BCUT2D eigenvalue weighted by Gasteiger charge is 2.31. The van der Waals surface area contributed by atoms with E-state index >= 15 is 0 Å². The van der Waals surface area contributed by atoms with Crippen molar-refractivity contribution in [2.45, 2.75) is 32.7 Å². The Bertz CT molecular complexity index is 913. The fraction of sp³-hybridized carbons (Fsp3) is 0.400. The minimum absolute atomic E-state index is 0.0848. The lowest BCUT2D eigenvalue weighted by molar-refractivity contribution is -0.125. The van der Waals surface area contributed by atoms with Crippen molar-refractivity contribution < 1.29 is 14.4 Å². The number of anilines is 2. The summed E-state index contributed by atoms with van der Waals surface area (Å²) in [6.45, 7) is 4.91. The maximum absolute atomic E-state index is 12.7. The fourth-order valence-electron chi connectivity index (χ4n) is 3.39. The molecule has 1 aliphatic heterocycles. The van der Waals surface area contributed by atoms with Crippen LogP contribution in [0.4, 0.5) is 10.8 Å². The smallest absolute Gasteiger partial charge is 0.251 e. The summed E-state index contributed by atoms with van der Waals surface area (Å²) >= 11 is 1.26. The van der Waals surface area contributed by atoms with Gasteiger partial charge in [0.15, 0.2) is 0 Å². The molecule has 154 valence electrons. The standard InChI is InChI=1S/C20H25N5O3S/c1-12-5-3-8-22-17(12)23-19(28)14-6-4-9-25(11-14)13(2)18(27)24-20-15(16(21)26)7-10-29-20/h3,5,7-8,10,13-14H,4,6,9,11H2,1-2H3,(H2,21,26)(H,24,27)(H,22,23,28)/t13-,14+/m1/s1. The third-order valence-electron chi connectivity index (χ3n) is 5.17. The van der Waals surface area contributed by atoms with Crippen LogP contribution in [0.25, 0.3) is 0 Å². The van der Waals surface area contributed by atoms with E-state index in [0.29, 0.717) is 22.9 Å². The van der Waals surface area contributed by atoms with Gasteiger partial charge in [0.25, 0.3) is 5.91 Å². The molecule has 0 unspecified atom stereocenters. The second kappa shape index (κ2) is 9.15. The van der Waals surface area contributed by atoms with Crippen LogP contribution in [-0.4, -0.2) is 46.7 Å². The molecule has 1 aliphatic rings. The number of nitrogens with zero attached hydrogens (tertiary/aromatic N) is 2. The van der Waals surface area contributed by atoms with Gasteiger partial charge < -0.3 is 16.4 Å². The Morgan fingerprint density at radius 3 is 2.83 bits per heavy atom. The molecule has 0 radical (unpaired) electrons. The molecule has 0 saturated carbocycles. The number of amides is 3. The first-order valence-corrected chi connectivity index (χ1v) is 10.4. The third-order valence-corrected chi connectivity index (χ3v) is 6.00. The first kappa shape index (κ1) is 20.9. The van der Waals surface area contributed by atoms with E-state index < -0.39 is 11.9 Å². The number of nitrogens with two attached hydrogens (primary N) is 1. The average Bonchev–Trinajstić information content (AvgIpc) is 3.17. The van der Waals surface area contributed by atoms with E-state index in [2.05, 4.69) is 15.6 Å². The molecule has 8 nitrogen and oxygen atoms in total. The molecule has 3 heterocycles. The van der Waals surface area contributed by atoms with Gasteiger partial charge in [-0.15, -0.1) is 11.3 Å². The second-order valence-electron chi connectivity index (χ2n) is 7.19. The Kier molecular flexibility index (Phi) is 6.60. The second-order valence-corrected chi connectivity index (χ2v) is 8.10. The lowest BCUT2D eigenvalue weighted by atomic mass is 9.95. The monoisotopic (exact) mass is 415 g/mol. The zero-order valence-corrected chi connectivity index (χ0v) is 17.3. The largest absolute Gasteiger partial charge is 0.366 e. The predicted octanol–water partition coefficient (Wildman–Crippen LogP) is 2.23. The van der Waals surface area contributed by atoms with Gasteiger partial charge in [0.2, 0.25) is 11.8 Å². The van der Waals surface area contributed by atoms with Crippen molar-refractivity contribution in [3.63, 3.8) is 0 Å². The Balaban J connectivity index is 1.61. The van der Waals surface area contributed by atoms with Crippen LogP contribution >= 0.6 is 11.3 Å². The average molecular weight is 416 g/mol. The van der Waals surface area contributed by atoms with E-state index in [1.165, 1.54) is 11.3 Å². The van der Waals surface area contributed by atoms with Gasteiger partial charge in [-0.3, -0.25) is 19.3 Å². The van der Waals surface area contributed by atoms with Gasteiger partial charge >= 0.3 is 0 Å². The van der Waals surface area contributed by atoms with Crippen LogP contribution in [0.2, 0.25) is 0 Å². The van der Waals surface area contributed by atoms with E-state index in [-0.39, 0.29) is 17.7 Å². The minimum atomic E-state index is -0.575. The fourth-order valence-corrected chi connectivity index (χ4v) is 4.19. The summed E-state index contributed by atoms with van der Waals surface area (Å²) in [5, 5.41) is 7.84. The van der Waals surface area contributed by atoms with Crippen molar-refractivity contribution in [3.05, 3.63) is 40.9 Å². The van der Waals surface area contributed by atoms with Crippen molar-refractivity contribution in [2.75, 3.05) is 23.7 Å². The highest BCUT2D eigenvalue weighted by molar-refractivity contribution is 7.14. The Labute approximate surface area is 173 Å². The molecule has 29 heavy (non-hydrogen) atoms. The summed E-state index contributed by atoms with van der Waals surface area (Å²) in [6, 6.07) is 4.87. The van der Waals surface area contributed by atoms with Gasteiger partial charge in [-0.1, -0.05) is 6.07 Å². The summed E-state index contributed by atoms with van der Waals surface area (Å²) in [5.74, 6) is -0.538. The van der Waals surface area contributed by atoms with Crippen molar-refractivity contribution in [3.8, 4) is 0 Å². The summed E-state index contributed by atoms with van der Waals surface area (Å²) in [6.07, 6.45) is 3.23. The van der Waals surface area contributed by atoms with Gasteiger partial charge in [-0.2, -0.15) is 0 Å². The van der Waals surface area contributed by atoms with Crippen LogP contribution in [0.5, 0.6) is 0 Å². The first-order chi connectivity index (χ1) is 13.9. The molecule has 0 aromatic carbocycles. The number of aryl methyl sites for hydroxylation is 1. The predicted molar refractivity (Wildman–Crippen MR) is 113 cm³/mol. The van der Waals surface area contributed by atoms with Crippen LogP contribution in [0.3, 0.4) is 0 Å². The van der Waals surface area contributed by atoms with Gasteiger partial charge in [0, 0.05) is 12.7 Å². The van der Waals surface area contributed by atoms with Gasteiger partial charge in [0.05, 0.1) is 17.5 Å². The normalized spacial score (nSPS) is 18.1. The van der Waals surface area contributed by atoms with Gasteiger partial charge in [-0.25, -0.2) is 4.98 Å². The number of carbonyl (C=O) groups is 3. The van der Waals surface area contributed by atoms with Crippen molar-refractivity contribution in [1.29, 1.82) is 0 Å². The third kappa shape index (κ3) is 4.99. The molecule has 2 aromatic rings. The summed E-state index contributed by atoms with van der Waals surface area (Å²) in [4.78, 5) is 43.0. The number of thiophene rings is 1. The molecule has 0 bridgehead atoms. The maximum atomic E-state index is 12.7. The minimum Gasteiger partial charge on any atom is -0.366 e. The highest BCUT2D eigenvalue weighted by atomic mass is 32.1. The molecule has 0 spiro atoms. The zero-order valence-electron chi connectivity index (χ0n) is 16.5. The van der Waals surface area contributed by atoms with E-state index in [4.69, 9.17) is 5.73 Å². The van der Waals surface area contributed by atoms with E-state index in [1.54, 1.807) is 24.6 Å². The molecule has 3 amide bonds. The summed E-state index contributed by atoms with van der Waals surface area (Å²) in [7, 11) is 0. The van der Waals surface area contributed by atoms with Crippen molar-refractivity contribution in [2.24, 2.45) is 11.7 Å². The zero-order chi connectivity index (χ0) is 21.0. The number of primary amides is 1. The lowest BCUT2D eigenvalue weighted by Gasteiger charge is -2.35. The molecule has 4 N–H and O–H groups in total. The number of carbonyl (C=O) groups excluding carboxylic acids is 3. The highest BCUT2D eigenvalue weighted by Crippen LogP contribution is 2.25. The summed E-state index contributed by atoms with van der Waals surface area (Å²) in [5.41, 5.74) is 6.54. The number of likely N-dealkylation sites (tertiary alicyclic amines) is 1. The number of aromatic nitrogens is 1. The quantitative estimate of drug-likeness (QED) is 0.669. The molecule has 2 aromatic heterocycles. The van der Waals surface area contributed by atoms with Crippen LogP contribution in [0.1, 0.15) is 35.7 Å². The number of rotatable bonds is 6. The lowest BCUT2D eigenvalue weighted by Crippen LogP contribution is -2.49. The SMILES string of the molecule is Cc1cccnc1NC(=O)[C@H]1CCCN([C@H](C)C(=O)Nc2sccc2C(N)=O)C1. The number of piperidine rings is 1. The van der Waals surface area contributed by atoms with Crippen LogP contribution in [0, 0.1) is 12.8 Å². The molecule has 9 heteroatoms. The Hall–Kier alpha value is -2.78. The number of hydrogen-bond acceptors (Lipinski definition) is 6. The molecular formula is C20H25N5O3S. The number of hydrogen-bond donors (Lipinski definition) is 3. The van der Waals surface area contributed by atoms with Crippen molar-refractivity contribution >= 4 is 39.9 Å². The topological polar surface area (TPSA) is 117 Å². The van der Waals surface area contributed by atoms with Crippen molar-refractivity contribution in [1.82, 2.24) is 9.88 Å². The summed E-state index contributed by atoms with van der Waals surface area (Å²) < 4.78 is 0. The van der Waals surface area contributed by atoms with Crippen LogP contribution < -0.4 is 16.4 Å². The molecule has 3 rings (SSSR count). The number of pyridine rings is 1. The van der Waals surface area contributed by atoms with Gasteiger partial charge in [-0.05, 0) is 56.3 Å². The Morgan fingerprint density at radius 2 is 2.10 bits per heavy atom. The van der Waals surface area contributed by atoms with E-state index in [1.807, 2.05) is 24.0 Å². The molecule has 0 aliphatic carbocycles. The van der Waals surface area contributed by atoms with Crippen LogP contribution in [-0.2, 0) is 9.59 Å². The van der Waals surface area contributed by atoms with E-state index in [9.17, 15) is 14.4 Å². The van der Waals surface area contributed by atoms with Gasteiger partial charge in [0.1, 0.15) is 10.8 Å². The molecular weight excluding hydrogens is 390 g/mol. The maximum Gasteiger partial charge on any atom is 0.251 e. The van der Waals surface area contributed by atoms with E-state index in [0.717, 1.165) is 24.9 Å². The molecule has 2 atom stereocenters. The Morgan fingerprint density at radius 1 is 1.31 bits per heavy atom. The molecule has 1 fully saturated rings. The number of nitrogens with one attached hydrogen (secondary N) is 2. The van der Waals surface area contributed by atoms with Crippen LogP contribution in [0.15, 0.2) is 29.8 Å². The molecule has 1 saturated heterocycles.